The monoisotopic (exact) mass is 338 g/mol. The molecule has 1 aromatic heterocycles. The maximum Gasteiger partial charge on any atom is 0.416 e. The summed E-state index contributed by atoms with van der Waals surface area (Å²) in [5.41, 5.74) is 1.21. The Bertz CT molecular complexity index is 664. The van der Waals surface area contributed by atoms with Crippen molar-refractivity contribution in [3.05, 3.63) is 52.9 Å². The average Bonchev–Trinajstić information content (AvgIpc) is 3.16. The fraction of sp³-hybridized carbons (Fsp3) is 0.500. The summed E-state index contributed by atoms with van der Waals surface area (Å²) in [5.74, 6) is 0.897. The van der Waals surface area contributed by atoms with Crippen molar-refractivity contribution in [1.82, 2.24) is 10.1 Å². The fourth-order valence-electron chi connectivity index (χ4n) is 3.23. The molecule has 1 fully saturated rings. The summed E-state index contributed by atoms with van der Waals surface area (Å²) in [6.07, 6.45) is -0.349. The van der Waals surface area contributed by atoms with E-state index in [-0.39, 0.29) is 6.04 Å². The van der Waals surface area contributed by atoms with E-state index in [0.717, 1.165) is 61.4 Å². The highest BCUT2D eigenvalue weighted by molar-refractivity contribution is 5.25. The molecule has 6 heteroatoms. The SMILES string of the molecule is CCCc1cc([C@H]2CCCN2Cc2ccc(C(F)(F)F)cc2)no1. The summed E-state index contributed by atoms with van der Waals surface area (Å²) in [5, 5.41) is 4.19. The van der Waals surface area contributed by atoms with Crippen LogP contribution >= 0.6 is 0 Å². The van der Waals surface area contributed by atoms with Gasteiger partial charge < -0.3 is 4.52 Å². The standard InChI is InChI=1S/C18H21F3N2O/c1-2-4-15-11-16(22-24-15)17-5-3-10-23(17)12-13-6-8-14(9-7-13)18(19,20)21/h6-9,11,17H,2-5,10,12H2,1H3/t17-/m1/s1. The molecule has 0 bridgehead atoms. The van der Waals surface area contributed by atoms with E-state index >= 15 is 0 Å². The molecule has 24 heavy (non-hydrogen) atoms. The number of alkyl halides is 3. The maximum absolute atomic E-state index is 12.6. The number of hydrogen-bond acceptors (Lipinski definition) is 3. The Kier molecular flexibility index (Phi) is 4.94. The van der Waals surface area contributed by atoms with Crippen LogP contribution in [0, 0.1) is 0 Å². The van der Waals surface area contributed by atoms with Crippen molar-refractivity contribution in [1.29, 1.82) is 0 Å². The molecule has 3 nitrogen and oxygen atoms in total. The van der Waals surface area contributed by atoms with Crippen LogP contribution in [0.2, 0.25) is 0 Å². The number of benzene rings is 1. The maximum atomic E-state index is 12.6. The van der Waals surface area contributed by atoms with E-state index in [1.54, 1.807) is 12.1 Å². The normalized spacial score (nSPS) is 19.1. The van der Waals surface area contributed by atoms with Gasteiger partial charge in [0.25, 0.3) is 0 Å². The topological polar surface area (TPSA) is 29.3 Å². The molecule has 2 heterocycles. The van der Waals surface area contributed by atoms with E-state index in [1.165, 1.54) is 0 Å². The molecule has 3 rings (SSSR count). The molecule has 0 amide bonds. The van der Waals surface area contributed by atoms with Crippen LogP contribution < -0.4 is 0 Å². The van der Waals surface area contributed by atoms with Gasteiger partial charge in [-0.2, -0.15) is 13.2 Å². The van der Waals surface area contributed by atoms with Crippen LogP contribution in [0.5, 0.6) is 0 Å². The number of hydrogen-bond donors (Lipinski definition) is 0. The number of aryl methyl sites for hydroxylation is 1. The van der Waals surface area contributed by atoms with E-state index < -0.39 is 11.7 Å². The third-order valence-electron chi connectivity index (χ3n) is 4.45. The van der Waals surface area contributed by atoms with Gasteiger partial charge in [-0.1, -0.05) is 24.2 Å². The first-order valence-electron chi connectivity index (χ1n) is 8.33. The van der Waals surface area contributed by atoms with Crippen LogP contribution in [0.15, 0.2) is 34.9 Å². The molecule has 0 N–H and O–H groups in total. The molecule has 0 unspecified atom stereocenters. The Labute approximate surface area is 139 Å². The number of halogens is 3. The highest BCUT2D eigenvalue weighted by Gasteiger charge is 2.31. The van der Waals surface area contributed by atoms with Gasteiger partial charge in [-0.3, -0.25) is 4.90 Å². The third-order valence-corrected chi connectivity index (χ3v) is 4.45. The first kappa shape index (κ1) is 17.0. The Morgan fingerprint density at radius 1 is 1.25 bits per heavy atom. The highest BCUT2D eigenvalue weighted by atomic mass is 19.4. The summed E-state index contributed by atoms with van der Waals surface area (Å²) in [4.78, 5) is 2.26. The van der Waals surface area contributed by atoms with Crippen LogP contribution in [0.25, 0.3) is 0 Å². The number of rotatable bonds is 5. The lowest BCUT2D eigenvalue weighted by molar-refractivity contribution is -0.137. The first-order chi connectivity index (χ1) is 11.5. The fourth-order valence-corrected chi connectivity index (χ4v) is 3.23. The molecular formula is C18H21F3N2O. The van der Waals surface area contributed by atoms with Crippen molar-refractivity contribution in [2.45, 2.75) is 51.4 Å². The largest absolute Gasteiger partial charge is 0.416 e. The van der Waals surface area contributed by atoms with Crippen LogP contribution in [0.1, 0.15) is 54.8 Å². The van der Waals surface area contributed by atoms with E-state index in [1.807, 2.05) is 6.07 Å². The summed E-state index contributed by atoms with van der Waals surface area (Å²) >= 11 is 0. The van der Waals surface area contributed by atoms with Gasteiger partial charge in [-0.25, -0.2) is 0 Å². The van der Waals surface area contributed by atoms with Gasteiger partial charge in [0.1, 0.15) is 11.5 Å². The van der Waals surface area contributed by atoms with Crippen molar-refractivity contribution < 1.29 is 17.7 Å². The lowest BCUT2D eigenvalue weighted by Gasteiger charge is -2.22. The Hall–Kier alpha value is -1.82. The van der Waals surface area contributed by atoms with Crippen LogP contribution in [-0.4, -0.2) is 16.6 Å². The molecule has 2 aromatic rings. The second-order valence-corrected chi connectivity index (χ2v) is 6.29. The minimum Gasteiger partial charge on any atom is -0.361 e. The lowest BCUT2D eigenvalue weighted by atomic mass is 10.1. The molecule has 0 spiro atoms. The number of likely N-dealkylation sites (tertiary alicyclic amines) is 1. The van der Waals surface area contributed by atoms with Gasteiger partial charge in [0, 0.05) is 19.0 Å². The molecule has 0 radical (unpaired) electrons. The molecule has 1 aromatic carbocycles. The average molecular weight is 338 g/mol. The van der Waals surface area contributed by atoms with Gasteiger partial charge >= 0.3 is 6.18 Å². The van der Waals surface area contributed by atoms with Crippen LogP contribution in [0.4, 0.5) is 13.2 Å². The molecule has 1 atom stereocenters. The number of nitrogens with zero attached hydrogens (tertiary/aromatic N) is 2. The molecule has 1 aliphatic rings. The first-order valence-corrected chi connectivity index (χ1v) is 8.33. The smallest absolute Gasteiger partial charge is 0.361 e. The zero-order valence-electron chi connectivity index (χ0n) is 13.6. The summed E-state index contributed by atoms with van der Waals surface area (Å²) in [6, 6.07) is 7.61. The van der Waals surface area contributed by atoms with Crippen molar-refractivity contribution in [3.8, 4) is 0 Å². The minimum atomic E-state index is -4.29. The van der Waals surface area contributed by atoms with Gasteiger partial charge in [0.05, 0.1) is 11.6 Å². The van der Waals surface area contributed by atoms with Gasteiger partial charge in [0.15, 0.2) is 0 Å². The quantitative estimate of drug-likeness (QED) is 0.770. The Morgan fingerprint density at radius 2 is 2.00 bits per heavy atom. The second kappa shape index (κ2) is 6.97. The van der Waals surface area contributed by atoms with E-state index in [9.17, 15) is 13.2 Å². The minimum absolute atomic E-state index is 0.182. The second-order valence-electron chi connectivity index (χ2n) is 6.29. The predicted octanol–water partition coefficient (Wildman–Crippen LogP) is 4.98. The van der Waals surface area contributed by atoms with Crippen LogP contribution in [-0.2, 0) is 19.1 Å². The van der Waals surface area contributed by atoms with Crippen molar-refractivity contribution in [2.75, 3.05) is 6.54 Å². The highest BCUT2D eigenvalue weighted by Crippen LogP contribution is 2.34. The van der Waals surface area contributed by atoms with Crippen LogP contribution in [0.3, 0.4) is 0 Å². The Balaban J connectivity index is 1.69. The molecule has 1 aliphatic heterocycles. The van der Waals surface area contributed by atoms with Crippen molar-refractivity contribution in [3.63, 3.8) is 0 Å². The van der Waals surface area contributed by atoms with E-state index in [0.29, 0.717) is 6.54 Å². The summed E-state index contributed by atoms with van der Waals surface area (Å²) in [6.45, 7) is 3.63. The zero-order chi connectivity index (χ0) is 17.2. The number of aromatic nitrogens is 1. The molecule has 0 saturated carbocycles. The molecular weight excluding hydrogens is 317 g/mol. The Morgan fingerprint density at radius 3 is 2.67 bits per heavy atom. The zero-order valence-corrected chi connectivity index (χ0v) is 13.6. The van der Waals surface area contributed by atoms with Gasteiger partial charge in [-0.15, -0.1) is 0 Å². The summed E-state index contributed by atoms with van der Waals surface area (Å²) < 4.78 is 43.3. The van der Waals surface area contributed by atoms with Gasteiger partial charge in [-0.05, 0) is 43.5 Å². The van der Waals surface area contributed by atoms with Crippen molar-refractivity contribution >= 4 is 0 Å². The molecule has 130 valence electrons. The van der Waals surface area contributed by atoms with E-state index in [2.05, 4.69) is 17.0 Å². The van der Waals surface area contributed by atoms with Crippen molar-refractivity contribution in [2.24, 2.45) is 0 Å². The third kappa shape index (κ3) is 3.80. The predicted molar refractivity (Wildman–Crippen MR) is 84.3 cm³/mol. The molecule has 0 aliphatic carbocycles. The van der Waals surface area contributed by atoms with Gasteiger partial charge in [0.2, 0.25) is 0 Å². The van der Waals surface area contributed by atoms with E-state index in [4.69, 9.17) is 4.52 Å². The lowest BCUT2D eigenvalue weighted by Crippen LogP contribution is -2.23. The summed E-state index contributed by atoms with van der Waals surface area (Å²) in [7, 11) is 0. The molecule has 1 saturated heterocycles.